The van der Waals surface area contributed by atoms with Crippen molar-refractivity contribution in [3.63, 3.8) is 0 Å². The topological polar surface area (TPSA) is 78.9 Å². The van der Waals surface area contributed by atoms with E-state index in [9.17, 15) is 14.7 Å². The smallest absolute Gasteiger partial charge is 0.282 e. The van der Waals surface area contributed by atoms with Crippen LogP contribution in [0.3, 0.4) is 0 Å². The number of aryl methyl sites for hydroxylation is 1. The zero-order chi connectivity index (χ0) is 18.1. The van der Waals surface area contributed by atoms with Gasteiger partial charge in [-0.2, -0.15) is 0 Å². The molecule has 6 nitrogen and oxygen atoms in total. The third-order valence-corrected chi connectivity index (χ3v) is 4.02. The summed E-state index contributed by atoms with van der Waals surface area (Å²) in [4.78, 5) is 24.8. The van der Waals surface area contributed by atoms with Crippen LogP contribution in [0.15, 0.2) is 42.0 Å². The number of methoxy groups -OCH3 is 1. The number of anilines is 1. The van der Waals surface area contributed by atoms with E-state index in [1.165, 1.54) is 30.3 Å². The predicted octanol–water partition coefficient (Wildman–Crippen LogP) is 2.82. The molecule has 0 bridgehead atoms. The Balaban J connectivity index is 1.98. The fraction of sp³-hybridized carbons (Fsp3) is 0.111. The Morgan fingerprint density at radius 2 is 2.00 bits per heavy atom. The van der Waals surface area contributed by atoms with Gasteiger partial charge in [0.15, 0.2) is 11.5 Å². The van der Waals surface area contributed by atoms with Crippen LogP contribution in [0.1, 0.15) is 11.1 Å². The first-order valence-corrected chi connectivity index (χ1v) is 7.79. The van der Waals surface area contributed by atoms with Crippen molar-refractivity contribution in [2.75, 3.05) is 12.1 Å². The molecule has 1 aliphatic rings. The Bertz CT molecular complexity index is 908. The number of aromatic hydroxyl groups is 1. The van der Waals surface area contributed by atoms with Crippen molar-refractivity contribution in [2.45, 2.75) is 6.92 Å². The molecule has 0 atom stereocenters. The maximum atomic E-state index is 12.6. The molecule has 1 aliphatic heterocycles. The Labute approximate surface area is 149 Å². The van der Waals surface area contributed by atoms with Gasteiger partial charge in [-0.3, -0.25) is 15.0 Å². The molecule has 7 heteroatoms. The van der Waals surface area contributed by atoms with Crippen molar-refractivity contribution < 1.29 is 19.4 Å². The maximum absolute atomic E-state index is 12.6. The Morgan fingerprint density at radius 1 is 1.24 bits per heavy atom. The Morgan fingerprint density at radius 3 is 2.68 bits per heavy atom. The van der Waals surface area contributed by atoms with Gasteiger partial charge in [0.25, 0.3) is 11.8 Å². The van der Waals surface area contributed by atoms with E-state index >= 15 is 0 Å². The quantitative estimate of drug-likeness (QED) is 0.653. The van der Waals surface area contributed by atoms with Crippen molar-refractivity contribution in [1.82, 2.24) is 5.43 Å². The molecule has 0 aromatic heterocycles. The number of hydrogen-bond donors (Lipinski definition) is 2. The normalized spacial score (nSPS) is 15.6. The second-order valence-corrected chi connectivity index (χ2v) is 5.94. The molecule has 1 fully saturated rings. The van der Waals surface area contributed by atoms with Gasteiger partial charge in [0.1, 0.15) is 5.57 Å². The van der Waals surface area contributed by atoms with Crippen molar-refractivity contribution in [2.24, 2.45) is 0 Å². The first-order valence-electron chi connectivity index (χ1n) is 7.41. The summed E-state index contributed by atoms with van der Waals surface area (Å²) >= 11 is 5.94. The third-order valence-electron chi connectivity index (χ3n) is 3.73. The van der Waals surface area contributed by atoms with Crippen molar-refractivity contribution >= 4 is 35.2 Å². The molecular formula is C18H15ClN2O4. The van der Waals surface area contributed by atoms with E-state index in [2.05, 4.69) is 5.43 Å². The number of phenols is 1. The van der Waals surface area contributed by atoms with Crippen molar-refractivity contribution in [3.05, 3.63) is 58.1 Å². The number of hydrazine groups is 1. The summed E-state index contributed by atoms with van der Waals surface area (Å²) in [5.41, 5.74) is 4.50. The zero-order valence-corrected chi connectivity index (χ0v) is 14.3. The molecule has 0 aliphatic carbocycles. The first-order chi connectivity index (χ1) is 11.9. The highest BCUT2D eigenvalue weighted by atomic mass is 35.5. The molecule has 128 valence electrons. The summed E-state index contributed by atoms with van der Waals surface area (Å²) in [5.74, 6) is -1.04. The molecule has 1 heterocycles. The molecule has 25 heavy (non-hydrogen) atoms. The number of nitrogens with zero attached hydrogens (tertiary/aromatic N) is 1. The average Bonchev–Trinajstić information content (AvgIpc) is 2.86. The summed E-state index contributed by atoms with van der Waals surface area (Å²) in [5, 5.41) is 11.0. The number of carbonyl (C=O) groups excluding carboxylic acids is 2. The highest BCUT2D eigenvalue weighted by molar-refractivity contribution is 6.33. The monoisotopic (exact) mass is 358 g/mol. The van der Waals surface area contributed by atoms with E-state index < -0.39 is 11.8 Å². The molecule has 1 saturated heterocycles. The van der Waals surface area contributed by atoms with Crippen molar-refractivity contribution in [3.8, 4) is 11.5 Å². The number of carbonyl (C=O) groups is 2. The van der Waals surface area contributed by atoms with Crippen LogP contribution < -0.4 is 15.2 Å². The Hall–Kier alpha value is -2.99. The predicted molar refractivity (Wildman–Crippen MR) is 94.5 cm³/mol. The standard InChI is InChI=1S/C18H15ClN2O4/c1-10-4-3-5-12(6-10)21-18(24)13(17(23)20-21)7-11-8-14(19)16(22)15(9-11)25-2/h3-9,22H,1-2H3,(H,20,23)/b13-7-. The Kier molecular flexibility index (Phi) is 4.37. The molecule has 2 amide bonds. The minimum absolute atomic E-state index is 0.0367. The molecule has 2 aromatic rings. The van der Waals surface area contributed by atoms with E-state index in [0.29, 0.717) is 11.3 Å². The van der Waals surface area contributed by atoms with Crippen LogP contribution in [0, 0.1) is 6.92 Å². The molecular weight excluding hydrogens is 344 g/mol. The first kappa shape index (κ1) is 16.9. The number of nitrogens with one attached hydrogen (secondary N) is 1. The van der Waals surface area contributed by atoms with Gasteiger partial charge in [-0.25, -0.2) is 5.01 Å². The lowest BCUT2D eigenvalue weighted by Crippen LogP contribution is -2.35. The molecule has 3 rings (SSSR count). The average molecular weight is 359 g/mol. The summed E-state index contributed by atoms with van der Waals surface area (Å²) in [7, 11) is 1.38. The highest BCUT2D eigenvalue weighted by Gasteiger charge is 2.34. The van der Waals surface area contributed by atoms with Gasteiger partial charge in [-0.05, 0) is 48.4 Å². The number of hydrogen-bond acceptors (Lipinski definition) is 4. The van der Waals surface area contributed by atoms with Gasteiger partial charge >= 0.3 is 0 Å². The largest absolute Gasteiger partial charge is 0.503 e. The molecule has 2 N–H and O–H groups in total. The zero-order valence-electron chi connectivity index (χ0n) is 13.5. The van der Waals surface area contributed by atoms with Gasteiger partial charge in [-0.1, -0.05) is 23.7 Å². The van der Waals surface area contributed by atoms with E-state index in [0.717, 1.165) is 5.56 Å². The van der Waals surface area contributed by atoms with Crippen LogP contribution in [0.4, 0.5) is 5.69 Å². The lowest BCUT2D eigenvalue weighted by atomic mass is 10.1. The van der Waals surface area contributed by atoms with Crippen LogP contribution >= 0.6 is 11.6 Å². The fourth-order valence-corrected chi connectivity index (χ4v) is 2.72. The van der Waals surface area contributed by atoms with Crippen LogP contribution in [0.25, 0.3) is 6.08 Å². The minimum Gasteiger partial charge on any atom is -0.503 e. The van der Waals surface area contributed by atoms with E-state index in [4.69, 9.17) is 16.3 Å². The SMILES string of the molecule is COc1cc(/C=C2/C(=O)NN(c3cccc(C)c3)C2=O)cc(Cl)c1O. The molecule has 0 saturated carbocycles. The van der Waals surface area contributed by atoms with Crippen LogP contribution in [0.5, 0.6) is 11.5 Å². The van der Waals surface area contributed by atoms with E-state index in [1.807, 2.05) is 13.0 Å². The van der Waals surface area contributed by atoms with Crippen LogP contribution in [-0.2, 0) is 9.59 Å². The minimum atomic E-state index is -0.519. The third kappa shape index (κ3) is 3.16. The van der Waals surface area contributed by atoms with Gasteiger partial charge in [0.2, 0.25) is 0 Å². The second kappa shape index (κ2) is 6.49. The highest BCUT2D eigenvalue weighted by Crippen LogP contribution is 2.35. The molecule has 0 radical (unpaired) electrons. The number of ether oxygens (including phenoxy) is 1. The molecule has 0 spiro atoms. The van der Waals surface area contributed by atoms with Gasteiger partial charge in [0.05, 0.1) is 17.8 Å². The summed E-state index contributed by atoms with van der Waals surface area (Å²) in [6, 6.07) is 10.2. The number of amides is 2. The maximum Gasteiger partial charge on any atom is 0.282 e. The van der Waals surface area contributed by atoms with Crippen molar-refractivity contribution in [1.29, 1.82) is 0 Å². The fourth-order valence-electron chi connectivity index (χ4n) is 2.51. The molecule has 0 unspecified atom stereocenters. The number of benzene rings is 2. The summed E-state index contributed by atoms with van der Waals surface area (Å²) < 4.78 is 5.03. The lowest BCUT2D eigenvalue weighted by Gasteiger charge is -2.14. The number of rotatable bonds is 3. The van der Waals surface area contributed by atoms with E-state index in [1.54, 1.807) is 18.2 Å². The summed E-state index contributed by atoms with van der Waals surface area (Å²) in [6.07, 6.45) is 1.40. The summed E-state index contributed by atoms with van der Waals surface area (Å²) in [6.45, 7) is 1.90. The van der Waals surface area contributed by atoms with Gasteiger partial charge in [-0.15, -0.1) is 0 Å². The number of phenolic OH excluding ortho intramolecular Hbond substituents is 1. The van der Waals surface area contributed by atoms with Gasteiger partial charge in [0, 0.05) is 0 Å². The second-order valence-electron chi connectivity index (χ2n) is 5.53. The number of halogens is 1. The van der Waals surface area contributed by atoms with Gasteiger partial charge < -0.3 is 9.84 Å². The lowest BCUT2D eigenvalue weighted by molar-refractivity contribution is -0.117. The van der Waals surface area contributed by atoms with E-state index in [-0.39, 0.29) is 22.1 Å². The molecule has 2 aromatic carbocycles. The van der Waals surface area contributed by atoms with Crippen LogP contribution in [-0.4, -0.2) is 24.0 Å². The van der Waals surface area contributed by atoms with Crippen LogP contribution in [0.2, 0.25) is 5.02 Å².